The van der Waals surface area contributed by atoms with E-state index < -0.39 is 0 Å². The highest BCUT2D eigenvalue weighted by atomic mass is 16.7. The number of hydrogen-bond donors (Lipinski definition) is 1. The highest BCUT2D eigenvalue weighted by Gasteiger charge is 2.18. The zero-order valence-corrected chi connectivity index (χ0v) is 11.5. The summed E-state index contributed by atoms with van der Waals surface area (Å²) < 4.78 is 10.9. The molecule has 0 saturated heterocycles. The van der Waals surface area contributed by atoms with Crippen LogP contribution in [0.3, 0.4) is 0 Å². The summed E-state index contributed by atoms with van der Waals surface area (Å²) in [6.45, 7) is 7.95. The Morgan fingerprint density at radius 2 is 2.00 bits per heavy atom. The van der Waals surface area contributed by atoms with Gasteiger partial charge in [0.1, 0.15) is 0 Å². The van der Waals surface area contributed by atoms with Crippen LogP contribution in [0.5, 0.6) is 11.5 Å². The maximum atomic E-state index is 5.51. The number of para-hydroxylation sites is 1. The molecule has 0 radical (unpaired) electrons. The average molecular weight is 249 g/mol. The standard InChI is InChI=1S/C15H23NO2/c1-4-12(5-2)11(3)16-9-13-7-6-8-14-15(13)18-10-17-14/h6-8,11-12,16H,4-5,9-10H2,1-3H3. The summed E-state index contributed by atoms with van der Waals surface area (Å²) in [7, 11) is 0. The van der Waals surface area contributed by atoms with Gasteiger partial charge in [-0.1, -0.05) is 38.8 Å². The fourth-order valence-corrected chi connectivity index (χ4v) is 2.56. The Labute approximate surface area is 109 Å². The van der Waals surface area contributed by atoms with E-state index in [-0.39, 0.29) is 0 Å². The van der Waals surface area contributed by atoms with Crippen LogP contribution >= 0.6 is 0 Å². The lowest BCUT2D eigenvalue weighted by molar-refractivity contribution is 0.173. The minimum Gasteiger partial charge on any atom is -0.454 e. The minimum atomic E-state index is 0.342. The van der Waals surface area contributed by atoms with Crippen molar-refractivity contribution >= 4 is 0 Å². The molecule has 1 heterocycles. The molecule has 1 aromatic rings. The Morgan fingerprint density at radius 1 is 1.22 bits per heavy atom. The highest BCUT2D eigenvalue weighted by Crippen LogP contribution is 2.35. The molecule has 2 rings (SSSR count). The maximum Gasteiger partial charge on any atom is 0.231 e. The molecule has 0 aromatic heterocycles. The molecule has 1 aromatic carbocycles. The second kappa shape index (κ2) is 6.10. The minimum absolute atomic E-state index is 0.342. The molecule has 0 amide bonds. The van der Waals surface area contributed by atoms with Crippen LogP contribution in [0.15, 0.2) is 18.2 Å². The molecular weight excluding hydrogens is 226 g/mol. The normalized spacial score (nSPS) is 15.1. The van der Waals surface area contributed by atoms with Gasteiger partial charge in [-0.25, -0.2) is 0 Å². The first-order chi connectivity index (χ1) is 8.76. The first kappa shape index (κ1) is 13.2. The van der Waals surface area contributed by atoms with Crippen LogP contribution in [0.2, 0.25) is 0 Å². The third-order valence-corrected chi connectivity index (χ3v) is 3.85. The predicted molar refractivity (Wildman–Crippen MR) is 72.9 cm³/mol. The third kappa shape index (κ3) is 2.78. The van der Waals surface area contributed by atoms with Gasteiger partial charge < -0.3 is 14.8 Å². The Balaban J connectivity index is 1.96. The van der Waals surface area contributed by atoms with Crippen molar-refractivity contribution in [3.63, 3.8) is 0 Å². The molecular formula is C15H23NO2. The Bertz CT molecular complexity index is 388. The molecule has 3 nitrogen and oxygen atoms in total. The summed E-state index contributed by atoms with van der Waals surface area (Å²) in [6, 6.07) is 6.60. The maximum absolute atomic E-state index is 5.51. The van der Waals surface area contributed by atoms with Crippen molar-refractivity contribution in [2.75, 3.05) is 6.79 Å². The molecule has 0 saturated carbocycles. The van der Waals surface area contributed by atoms with Crippen LogP contribution in [-0.4, -0.2) is 12.8 Å². The summed E-state index contributed by atoms with van der Waals surface area (Å²) >= 11 is 0. The zero-order valence-electron chi connectivity index (χ0n) is 11.5. The first-order valence-corrected chi connectivity index (χ1v) is 6.87. The van der Waals surface area contributed by atoms with E-state index in [9.17, 15) is 0 Å². The predicted octanol–water partition coefficient (Wildman–Crippen LogP) is 3.33. The fraction of sp³-hybridized carbons (Fsp3) is 0.600. The lowest BCUT2D eigenvalue weighted by Crippen LogP contribution is -2.32. The van der Waals surface area contributed by atoms with Gasteiger partial charge in [0.15, 0.2) is 11.5 Å². The molecule has 1 aliphatic rings. The molecule has 1 atom stereocenters. The van der Waals surface area contributed by atoms with Gasteiger partial charge in [-0.15, -0.1) is 0 Å². The summed E-state index contributed by atoms with van der Waals surface area (Å²) in [5.74, 6) is 2.50. The van der Waals surface area contributed by atoms with Crippen LogP contribution in [-0.2, 0) is 6.54 Å². The summed E-state index contributed by atoms with van der Waals surface area (Å²) in [6.07, 6.45) is 2.44. The number of fused-ring (bicyclic) bond motifs is 1. The van der Waals surface area contributed by atoms with Gasteiger partial charge in [-0.05, 0) is 18.9 Å². The number of nitrogens with one attached hydrogen (secondary N) is 1. The van der Waals surface area contributed by atoms with E-state index in [2.05, 4.69) is 32.2 Å². The molecule has 0 aliphatic carbocycles. The van der Waals surface area contributed by atoms with E-state index >= 15 is 0 Å². The van der Waals surface area contributed by atoms with Gasteiger partial charge in [0, 0.05) is 18.2 Å². The number of ether oxygens (including phenoxy) is 2. The van der Waals surface area contributed by atoms with Crippen molar-refractivity contribution in [2.45, 2.75) is 46.2 Å². The van der Waals surface area contributed by atoms with E-state index in [0.29, 0.717) is 12.8 Å². The first-order valence-electron chi connectivity index (χ1n) is 6.87. The highest BCUT2D eigenvalue weighted by molar-refractivity contribution is 5.48. The van der Waals surface area contributed by atoms with Gasteiger partial charge in [0.25, 0.3) is 0 Å². The van der Waals surface area contributed by atoms with Crippen LogP contribution in [0.25, 0.3) is 0 Å². The van der Waals surface area contributed by atoms with Gasteiger partial charge in [0.2, 0.25) is 6.79 Å². The second-order valence-corrected chi connectivity index (χ2v) is 4.90. The molecule has 0 spiro atoms. The second-order valence-electron chi connectivity index (χ2n) is 4.90. The molecule has 3 heteroatoms. The van der Waals surface area contributed by atoms with Crippen molar-refractivity contribution in [3.8, 4) is 11.5 Å². The Hall–Kier alpha value is -1.22. The van der Waals surface area contributed by atoms with Crippen LogP contribution < -0.4 is 14.8 Å². The number of benzene rings is 1. The van der Waals surface area contributed by atoms with E-state index in [1.165, 1.54) is 18.4 Å². The smallest absolute Gasteiger partial charge is 0.231 e. The summed E-state index contributed by atoms with van der Waals surface area (Å²) in [5, 5.41) is 3.60. The van der Waals surface area contributed by atoms with Gasteiger partial charge in [-0.2, -0.15) is 0 Å². The van der Waals surface area contributed by atoms with Crippen LogP contribution in [0.4, 0.5) is 0 Å². The monoisotopic (exact) mass is 249 g/mol. The van der Waals surface area contributed by atoms with Gasteiger partial charge in [-0.3, -0.25) is 0 Å². The molecule has 1 aliphatic heterocycles. The Kier molecular flexibility index (Phi) is 4.48. The molecule has 18 heavy (non-hydrogen) atoms. The molecule has 1 unspecified atom stereocenters. The quantitative estimate of drug-likeness (QED) is 0.839. The van der Waals surface area contributed by atoms with E-state index in [1.54, 1.807) is 0 Å². The van der Waals surface area contributed by atoms with E-state index in [0.717, 1.165) is 24.0 Å². The van der Waals surface area contributed by atoms with Crippen molar-refractivity contribution < 1.29 is 9.47 Å². The molecule has 100 valence electrons. The lowest BCUT2D eigenvalue weighted by Gasteiger charge is -2.22. The Morgan fingerprint density at radius 3 is 2.72 bits per heavy atom. The lowest BCUT2D eigenvalue weighted by atomic mass is 9.95. The number of hydrogen-bond acceptors (Lipinski definition) is 3. The zero-order chi connectivity index (χ0) is 13.0. The van der Waals surface area contributed by atoms with E-state index in [1.807, 2.05) is 12.1 Å². The van der Waals surface area contributed by atoms with E-state index in [4.69, 9.17) is 9.47 Å². The average Bonchev–Trinajstić information content (AvgIpc) is 2.86. The van der Waals surface area contributed by atoms with Crippen LogP contribution in [0.1, 0.15) is 39.2 Å². The number of rotatable bonds is 6. The molecule has 0 fully saturated rings. The van der Waals surface area contributed by atoms with Crippen molar-refractivity contribution in [1.82, 2.24) is 5.32 Å². The van der Waals surface area contributed by atoms with Crippen molar-refractivity contribution in [1.29, 1.82) is 0 Å². The fourth-order valence-electron chi connectivity index (χ4n) is 2.56. The van der Waals surface area contributed by atoms with Gasteiger partial charge in [0.05, 0.1) is 0 Å². The third-order valence-electron chi connectivity index (χ3n) is 3.85. The molecule has 0 bridgehead atoms. The molecule has 1 N–H and O–H groups in total. The van der Waals surface area contributed by atoms with Crippen molar-refractivity contribution in [2.24, 2.45) is 5.92 Å². The SMILES string of the molecule is CCC(CC)C(C)NCc1cccc2c1OCO2. The van der Waals surface area contributed by atoms with Crippen LogP contribution in [0, 0.1) is 5.92 Å². The summed E-state index contributed by atoms with van der Waals surface area (Å²) in [4.78, 5) is 0. The topological polar surface area (TPSA) is 30.5 Å². The summed E-state index contributed by atoms with van der Waals surface area (Å²) in [5.41, 5.74) is 1.18. The van der Waals surface area contributed by atoms with Gasteiger partial charge >= 0.3 is 0 Å². The van der Waals surface area contributed by atoms with Crippen molar-refractivity contribution in [3.05, 3.63) is 23.8 Å². The largest absolute Gasteiger partial charge is 0.454 e.